The molecule has 16 heavy (non-hydrogen) atoms. The second kappa shape index (κ2) is 4.64. The Kier molecular flexibility index (Phi) is 3.41. The molecule has 1 aliphatic carbocycles. The van der Waals surface area contributed by atoms with E-state index in [4.69, 9.17) is 10.5 Å². The van der Waals surface area contributed by atoms with Crippen LogP contribution in [0.3, 0.4) is 0 Å². The van der Waals surface area contributed by atoms with Crippen molar-refractivity contribution in [2.75, 3.05) is 6.61 Å². The monoisotopic (exact) mass is 239 g/mol. The molecule has 0 aromatic heterocycles. The van der Waals surface area contributed by atoms with E-state index in [9.17, 15) is 0 Å². The summed E-state index contributed by atoms with van der Waals surface area (Å²) in [5.74, 6) is 1.77. The van der Waals surface area contributed by atoms with Crippen LogP contribution < -0.4 is 10.5 Å². The van der Waals surface area contributed by atoms with Gasteiger partial charge in [0.15, 0.2) is 0 Å². The SMILES string of the molecule is Cl.NC(c1ccc2c(c1)CCO2)C1CCC1. The van der Waals surface area contributed by atoms with E-state index >= 15 is 0 Å². The number of fused-ring (bicyclic) bond motifs is 1. The summed E-state index contributed by atoms with van der Waals surface area (Å²) in [6.07, 6.45) is 5.00. The Hall–Kier alpha value is -0.730. The predicted molar refractivity (Wildman–Crippen MR) is 67.2 cm³/mol. The Morgan fingerprint density at radius 3 is 2.81 bits per heavy atom. The first-order valence-electron chi connectivity index (χ1n) is 5.86. The number of hydrogen-bond donors (Lipinski definition) is 1. The summed E-state index contributed by atoms with van der Waals surface area (Å²) in [6, 6.07) is 6.69. The highest BCUT2D eigenvalue weighted by Crippen LogP contribution is 2.37. The molecule has 0 saturated heterocycles. The van der Waals surface area contributed by atoms with Crippen LogP contribution in [0.1, 0.15) is 36.4 Å². The third-order valence-electron chi connectivity index (χ3n) is 3.76. The Bertz CT molecular complexity index is 376. The second-order valence-electron chi connectivity index (χ2n) is 4.68. The highest BCUT2D eigenvalue weighted by molar-refractivity contribution is 5.85. The topological polar surface area (TPSA) is 35.2 Å². The van der Waals surface area contributed by atoms with Crippen LogP contribution in [0.15, 0.2) is 18.2 Å². The zero-order valence-electron chi connectivity index (χ0n) is 9.32. The van der Waals surface area contributed by atoms with E-state index in [1.165, 1.54) is 30.4 Å². The third-order valence-corrected chi connectivity index (χ3v) is 3.76. The van der Waals surface area contributed by atoms with Gasteiger partial charge in [-0.15, -0.1) is 12.4 Å². The molecule has 88 valence electrons. The zero-order chi connectivity index (χ0) is 10.3. The van der Waals surface area contributed by atoms with E-state index in [-0.39, 0.29) is 18.4 Å². The standard InChI is InChI=1S/C13H17NO.ClH/c14-13(9-2-1-3-9)11-4-5-12-10(8-11)6-7-15-12;/h4-5,8-9,13H,1-3,6-7,14H2;1H. The van der Waals surface area contributed by atoms with E-state index in [0.29, 0.717) is 5.92 Å². The van der Waals surface area contributed by atoms with Gasteiger partial charge in [-0.25, -0.2) is 0 Å². The van der Waals surface area contributed by atoms with Crippen LogP contribution in [0.25, 0.3) is 0 Å². The lowest BCUT2D eigenvalue weighted by Gasteiger charge is -2.31. The van der Waals surface area contributed by atoms with Gasteiger partial charge in [0.2, 0.25) is 0 Å². The molecule has 0 amide bonds. The van der Waals surface area contributed by atoms with Crippen LogP contribution >= 0.6 is 12.4 Å². The first-order valence-corrected chi connectivity index (χ1v) is 5.86. The lowest BCUT2D eigenvalue weighted by atomic mass is 9.77. The number of hydrogen-bond acceptors (Lipinski definition) is 2. The maximum Gasteiger partial charge on any atom is 0.122 e. The minimum atomic E-state index is 0. The molecule has 1 unspecified atom stereocenters. The molecule has 3 rings (SSSR count). The van der Waals surface area contributed by atoms with Gasteiger partial charge >= 0.3 is 0 Å². The quantitative estimate of drug-likeness (QED) is 0.862. The number of rotatable bonds is 2. The molecule has 0 spiro atoms. The molecule has 2 aliphatic rings. The summed E-state index contributed by atoms with van der Waals surface area (Å²) in [7, 11) is 0. The second-order valence-corrected chi connectivity index (χ2v) is 4.68. The van der Waals surface area contributed by atoms with Gasteiger partial charge < -0.3 is 10.5 Å². The molecule has 1 aliphatic heterocycles. The largest absolute Gasteiger partial charge is 0.493 e. The number of nitrogens with two attached hydrogens (primary N) is 1. The molecule has 1 aromatic rings. The van der Waals surface area contributed by atoms with Crippen LogP contribution in [-0.2, 0) is 6.42 Å². The van der Waals surface area contributed by atoms with Crippen molar-refractivity contribution in [3.05, 3.63) is 29.3 Å². The van der Waals surface area contributed by atoms with Crippen LogP contribution in [0, 0.1) is 5.92 Å². The molecule has 0 bridgehead atoms. The molecule has 1 fully saturated rings. The summed E-state index contributed by atoms with van der Waals surface area (Å²) >= 11 is 0. The maximum atomic E-state index is 6.25. The van der Waals surface area contributed by atoms with Crippen molar-refractivity contribution in [2.24, 2.45) is 11.7 Å². The first-order chi connectivity index (χ1) is 7.34. The Labute approximate surface area is 103 Å². The van der Waals surface area contributed by atoms with Crippen molar-refractivity contribution in [1.29, 1.82) is 0 Å². The number of benzene rings is 1. The van der Waals surface area contributed by atoms with Crippen molar-refractivity contribution in [3.8, 4) is 5.75 Å². The molecule has 2 nitrogen and oxygen atoms in total. The predicted octanol–water partition coefficient (Wildman–Crippen LogP) is 2.84. The maximum absolute atomic E-state index is 6.25. The van der Waals surface area contributed by atoms with E-state index in [1.54, 1.807) is 0 Å². The first kappa shape index (κ1) is 11.7. The summed E-state index contributed by atoms with van der Waals surface area (Å²) in [5, 5.41) is 0. The lowest BCUT2D eigenvalue weighted by molar-refractivity contribution is 0.264. The Morgan fingerprint density at radius 1 is 1.31 bits per heavy atom. The van der Waals surface area contributed by atoms with Gasteiger partial charge in [0, 0.05) is 12.5 Å². The van der Waals surface area contributed by atoms with Crippen LogP contribution in [-0.4, -0.2) is 6.61 Å². The van der Waals surface area contributed by atoms with Gasteiger partial charge in [-0.3, -0.25) is 0 Å². The van der Waals surface area contributed by atoms with E-state index in [1.807, 2.05) is 0 Å². The fourth-order valence-corrected chi connectivity index (χ4v) is 2.48. The molecule has 1 heterocycles. The molecule has 1 aromatic carbocycles. The zero-order valence-corrected chi connectivity index (χ0v) is 10.1. The van der Waals surface area contributed by atoms with Crippen LogP contribution in [0.5, 0.6) is 5.75 Å². The van der Waals surface area contributed by atoms with Crippen molar-refractivity contribution in [1.82, 2.24) is 0 Å². The van der Waals surface area contributed by atoms with Crippen molar-refractivity contribution < 1.29 is 4.74 Å². The normalized spacial score (nSPS) is 20.3. The van der Waals surface area contributed by atoms with E-state index in [0.717, 1.165) is 18.8 Å². The summed E-state index contributed by atoms with van der Waals surface area (Å²) in [4.78, 5) is 0. The molecule has 3 heteroatoms. The van der Waals surface area contributed by atoms with E-state index in [2.05, 4.69) is 18.2 Å². The number of halogens is 1. The van der Waals surface area contributed by atoms with Crippen molar-refractivity contribution in [2.45, 2.75) is 31.7 Å². The van der Waals surface area contributed by atoms with Crippen molar-refractivity contribution in [3.63, 3.8) is 0 Å². The minimum absolute atomic E-state index is 0. The van der Waals surface area contributed by atoms with Gasteiger partial charge in [-0.05, 0) is 36.0 Å². The average molecular weight is 240 g/mol. The average Bonchev–Trinajstić information content (AvgIpc) is 2.61. The van der Waals surface area contributed by atoms with Gasteiger partial charge in [-0.2, -0.15) is 0 Å². The summed E-state index contributed by atoms with van der Waals surface area (Å²) in [6.45, 7) is 0.831. The van der Waals surface area contributed by atoms with Crippen LogP contribution in [0.2, 0.25) is 0 Å². The van der Waals surface area contributed by atoms with Gasteiger partial charge in [0.05, 0.1) is 6.61 Å². The molecule has 1 saturated carbocycles. The molecule has 1 atom stereocenters. The number of ether oxygens (including phenoxy) is 1. The smallest absolute Gasteiger partial charge is 0.122 e. The van der Waals surface area contributed by atoms with Crippen molar-refractivity contribution >= 4 is 12.4 Å². The summed E-state index contributed by atoms with van der Waals surface area (Å²) < 4.78 is 5.49. The minimum Gasteiger partial charge on any atom is -0.493 e. The fourth-order valence-electron chi connectivity index (χ4n) is 2.48. The fraction of sp³-hybridized carbons (Fsp3) is 0.538. The van der Waals surface area contributed by atoms with Gasteiger partial charge in [0.1, 0.15) is 5.75 Å². The molecule has 0 radical (unpaired) electrons. The Balaban J connectivity index is 0.000000963. The van der Waals surface area contributed by atoms with Gasteiger partial charge in [-0.1, -0.05) is 18.6 Å². The highest BCUT2D eigenvalue weighted by Gasteiger charge is 2.26. The Morgan fingerprint density at radius 2 is 2.12 bits per heavy atom. The highest BCUT2D eigenvalue weighted by atomic mass is 35.5. The molecular formula is C13H18ClNO. The summed E-state index contributed by atoms with van der Waals surface area (Å²) in [5.41, 5.74) is 8.88. The third kappa shape index (κ3) is 1.92. The molecular weight excluding hydrogens is 222 g/mol. The van der Waals surface area contributed by atoms with Gasteiger partial charge in [0.25, 0.3) is 0 Å². The van der Waals surface area contributed by atoms with E-state index < -0.39 is 0 Å². The van der Waals surface area contributed by atoms with Crippen LogP contribution in [0.4, 0.5) is 0 Å². The molecule has 2 N–H and O–H groups in total. The lowest BCUT2D eigenvalue weighted by Crippen LogP contribution is -2.26.